The van der Waals surface area contributed by atoms with E-state index in [0.717, 1.165) is 6.42 Å². The Kier molecular flexibility index (Phi) is 6.14. The van der Waals surface area contributed by atoms with Crippen LogP contribution in [0.15, 0.2) is 23.1 Å². The Morgan fingerprint density at radius 3 is 2.55 bits per heavy atom. The van der Waals surface area contributed by atoms with E-state index in [0.29, 0.717) is 30.5 Å². The molecule has 1 N–H and O–H groups in total. The molecule has 5 nitrogen and oxygen atoms in total. The van der Waals surface area contributed by atoms with Crippen LogP contribution in [0.2, 0.25) is 0 Å². The summed E-state index contributed by atoms with van der Waals surface area (Å²) in [5, 5.41) is 17.5. The Balaban J connectivity index is 2.83. The predicted octanol–water partition coefficient (Wildman–Crippen LogP) is 1.65. The third-order valence-corrected chi connectivity index (χ3v) is 5.01. The third kappa shape index (κ3) is 4.04. The molecule has 20 heavy (non-hydrogen) atoms. The van der Waals surface area contributed by atoms with Crippen LogP contribution in [0.1, 0.15) is 30.4 Å². The van der Waals surface area contributed by atoms with Crippen molar-refractivity contribution in [2.75, 3.05) is 20.2 Å². The van der Waals surface area contributed by atoms with Gasteiger partial charge in [-0.2, -0.15) is 5.26 Å². The summed E-state index contributed by atoms with van der Waals surface area (Å²) in [6.45, 7) is 2.27. The lowest BCUT2D eigenvalue weighted by Gasteiger charge is -2.17. The maximum absolute atomic E-state index is 12.3. The largest absolute Gasteiger partial charge is 0.396 e. The molecule has 0 saturated carbocycles. The van der Waals surface area contributed by atoms with E-state index in [2.05, 4.69) is 0 Å². The average Bonchev–Trinajstić information content (AvgIpc) is 2.43. The molecule has 0 spiro atoms. The van der Waals surface area contributed by atoms with Gasteiger partial charge in [0, 0.05) is 20.2 Å². The Morgan fingerprint density at radius 2 is 2.00 bits per heavy atom. The van der Waals surface area contributed by atoms with E-state index in [1.165, 1.54) is 22.5 Å². The summed E-state index contributed by atoms with van der Waals surface area (Å²) in [4.78, 5) is 0.207. The monoisotopic (exact) mass is 296 g/mol. The number of benzene rings is 1. The van der Waals surface area contributed by atoms with Crippen LogP contribution in [-0.2, 0) is 10.0 Å². The number of hydrogen-bond donors (Lipinski definition) is 1. The van der Waals surface area contributed by atoms with E-state index in [-0.39, 0.29) is 11.5 Å². The molecule has 0 heterocycles. The first-order valence-corrected chi connectivity index (χ1v) is 7.95. The Bertz CT molecular complexity index is 591. The first-order chi connectivity index (χ1) is 9.43. The lowest BCUT2D eigenvalue weighted by atomic mass is 10.1. The van der Waals surface area contributed by atoms with Crippen molar-refractivity contribution in [1.82, 2.24) is 4.31 Å². The van der Waals surface area contributed by atoms with Crippen LogP contribution in [0.4, 0.5) is 0 Å². The zero-order valence-electron chi connectivity index (χ0n) is 11.8. The minimum Gasteiger partial charge on any atom is -0.396 e. The highest BCUT2D eigenvalue weighted by Crippen LogP contribution is 2.18. The predicted molar refractivity (Wildman–Crippen MR) is 76.6 cm³/mol. The van der Waals surface area contributed by atoms with Gasteiger partial charge in [0.1, 0.15) is 0 Å². The summed E-state index contributed by atoms with van der Waals surface area (Å²) in [6, 6.07) is 6.54. The minimum atomic E-state index is -3.51. The molecule has 0 aliphatic carbocycles. The molecule has 0 aliphatic heterocycles. The summed E-state index contributed by atoms with van der Waals surface area (Å²) >= 11 is 0. The van der Waals surface area contributed by atoms with E-state index in [1.54, 1.807) is 14.0 Å². The summed E-state index contributed by atoms with van der Waals surface area (Å²) < 4.78 is 26.0. The number of aliphatic hydroxyl groups excluding tert-OH is 1. The standard InChI is InChI=1S/C14H20N2O3S/c1-12-10-14(7-6-13(12)11-15)20(18,19)16(2)8-4-3-5-9-17/h6-7,10,17H,3-5,8-9H2,1-2H3. The number of aryl methyl sites for hydroxylation is 1. The topological polar surface area (TPSA) is 81.4 Å². The van der Waals surface area contributed by atoms with Gasteiger partial charge in [0.05, 0.1) is 16.5 Å². The Labute approximate surface area is 120 Å². The van der Waals surface area contributed by atoms with Gasteiger partial charge in [0.2, 0.25) is 10.0 Å². The van der Waals surface area contributed by atoms with E-state index >= 15 is 0 Å². The summed E-state index contributed by atoms with van der Waals surface area (Å²) in [5.74, 6) is 0. The molecule has 1 aromatic carbocycles. The van der Waals surface area contributed by atoms with Gasteiger partial charge >= 0.3 is 0 Å². The zero-order chi connectivity index (χ0) is 15.2. The van der Waals surface area contributed by atoms with Gasteiger partial charge in [0.15, 0.2) is 0 Å². The first kappa shape index (κ1) is 16.6. The van der Waals surface area contributed by atoms with Gasteiger partial charge in [-0.25, -0.2) is 12.7 Å². The van der Waals surface area contributed by atoms with Crippen molar-refractivity contribution < 1.29 is 13.5 Å². The van der Waals surface area contributed by atoms with Gasteiger partial charge in [-0.3, -0.25) is 0 Å². The fourth-order valence-electron chi connectivity index (χ4n) is 1.85. The van der Waals surface area contributed by atoms with Crippen molar-refractivity contribution in [3.63, 3.8) is 0 Å². The molecular weight excluding hydrogens is 276 g/mol. The van der Waals surface area contributed by atoms with Crippen LogP contribution < -0.4 is 0 Å². The van der Waals surface area contributed by atoms with E-state index in [9.17, 15) is 8.42 Å². The molecule has 1 aromatic rings. The highest BCUT2D eigenvalue weighted by Gasteiger charge is 2.20. The molecule has 110 valence electrons. The number of sulfonamides is 1. The minimum absolute atomic E-state index is 0.130. The van der Waals surface area contributed by atoms with Crippen molar-refractivity contribution in [2.45, 2.75) is 31.1 Å². The lowest BCUT2D eigenvalue weighted by Crippen LogP contribution is -2.28. The van der Waals surface area contributed by atoms with Crippen LogP contribution in [0.5, 0.6) is 0 Å². The maximum atomic E-state index is 12.3. The molecule has 0 aliphatic rings. The van der Waals surface area contributed by atoms with Crippen LogP contribution in [-0.4, -0.2) is 38.0 Å². The highest BCUT2D eigenvalue weighted by atomic mass is 32.2. The fourth-order valence-corrected chi connectivity index (χ4v) is 3.14. The van der Waals surface area contributed by atoms with Crippen molar-refractivity contribution in [1.29, 1.82) is 5.26 Å². The molecule has 0 saturated heterocycles. The van der Waals surface area contributed by atoms with Crippen molar-refractivity contribution in [3.05, 3.63) is 29.3 Å². The number of rotatable bonds is 7. The van der Waals surface area contributed by atoms with Gasteiger partial charge in [-0.15, -0.1) is 0 Å². The second-order valence-electron chi connectivity index (χ2n) is 4.70. The van der Waals surface area contributed by atoms with Gasteiger partial charge in [-0.05, 0) is 49.9 Å². The molecular formula is C14H20N2O3S. The molecule has 0 aromatic heterocycles. The quantitative estimate of drug-likeness (QED) is 0.776. The molecule has 0 amide bonds. The number of nitrogens with zero attached hydrogens (tertiary/aromatic N) is 2. The molecule has 0 atom stereocenters. The SMILES string of the molecule is Cc1cc(S(=O)(=O)N(C)CCCCCO)ccc1C#N. The van der Waals surface area contributed by atoms with Gasteiger partial charge in [0.25, 0.3) is 0 Å². The first-order valence-electron chi connectivity index (χ1n) is 6.51. The summed E-state index contributed by atoms with van der Waals surface area (Å²) in [6.07, 6.45) is 2.19. The average molecular weight is 296 g/mol. The van der Waals surface area contributed by atoms with E-state index in [1.807, 2.05) is 6.07 Å². The molecule has 6 heteroatoms. The van der Waals surface area contributed by atoms with Crippen LogP contribution in [0, 0.1) is 18.3 Å². The van der Waals surface area contributed by atoms with Crippen LogP contribution in [0.3, 0.4) is 0 Å². The van der Waals surface area contributed by atoms with Gasteiger partial charge < -0.3 is 5.11 Å². The Hall–Kier alpha value is -1.42. The van der Waals surface area contributed by atoms with E-state index in [4.69, 9.17) is 10.4 Å². The summed E-state index contributed by atoms with van der Waals surface area (Å²) in [5.41, 5.74) is 1.14. The number of nitriles is 1. The summed E-state index contributed by atoms with van der Waals surface area (Å²) in [7, 11) is -1.97. The zero-order valence-corrected chi connectivity index (χ0v) is 12.7. The van der Waals surface area contributed by atoms with Crippen molar-refractivity contribution >= 4 is 10.0 Å². The smallest absolute Gasteiger partial charge is 0.242 e. The molecule has 0 fully saturated rings. The number of hydrogen-bond acceptors (Lipinski definition) is 4. The van der Waals surface area contributed by atoms with Crippen LogP contribution in [0.25, 0.3) is 0 Å². The van der Waals surface area contributed by atoms with Crippen LogP contribution >= 0.6 is 0 Å². The molecule has 0 radical (unpaired) electrons. The van der Waals surface area contributed by atoms with Crippen molar-refractivity contribution in [2.24, 2.45) is 0 Å². The second kappa shape index (κ2) is 7.39. The Morgan fingerprint density at radius 1 is 1.30 bits per heavy atom. The maximum Gasteiger partial charge on any atom is 0.242 e. The fraction of sp³-hybridized carbons (Fsp3) is 0.500. The number of unbranched alkanes of at least 4 members (excludes halogenated alkanes) is 2. The highest BCUT2D eigenvalue weighted by molar-refractivity contribution is 7.89. The molecule has 1 rings (SSSR count). The van der Waals surface area contributed by atoms with E-state index < -0.39 is 10.0 Å². The molecule has 0 bridgehead atoms. The van der Waals surface area contributed by atoms with Gasteiger partial charge in [-0.1, -0.05) is 0 Å². The lowest BCUT2D eigenvalue weighted by molar-refractivity contribution is 0.281. The molecule has 0 unspecified atom stereocenters. The third-order valence-electron chi connectivity index (χ3n) is 3.16. The van der Waals surface area contributed by atoms with Crippen molar-refractivity contribution in [3.8, 4) is 6.07 Å². The normalized spacial score (nSPS) is 11.6. The second-order valence-corrected chi connectivity index (χ2v) is 6.74. The number of aliphatic hydroxyl groups is 1.